The van der Waals surface area contributed by atoms with E-state index in [4.69, 9.17) is 11.6 Å². The monoisotopic (exact) mass is 294 g/mol. The van der Waals surface area contributed by atoms with Gasteiger partial charge in [-0.1, -0.05) is 11.6 Å². The number of carbonyl (C=O) groups is 1. The molecule has 0 atom stereocenters. The molecule has 0 aliphatic carbocycles. The van der Waals surface area contributed by atoms with Crippen LogP contribution in [0.1, 0.15) is 13.8 Å². The van der Waals surface area contributed by atoms with E-state index in [9.17, 15) is 4.79 Å². The maximum Gasteiger partial charge on any atom is 0.241 e. The lowest BCUT2D eigenvalue weighted by atomic mass is 10.4. The Morgan fingerprint density at radius 3 is 3.00 bits per heavy atom. The molecule has 20 heavy (non-hydrogen) atoms. The third kappa shape index (κ3) is 4.20. The first-order valence-corrected chi connectivity index (χ1v) is 6.48. The number of nitrogens with one attached hydrogen (secondary N) is 2. The number of aromatic nitrogens is 4. The maximum atomic E-state index is 11.6. The molecule has 0 spiro atoms. The van der Waals surface area contributed by atoms with Crippen molar-refractivity contribution in [3.8, 4) is 0 Å². The lowest BCUT2D eigenvalue weighted by Crippen LogP contribution is -2.33. The molecule has 8 heteroatoms. The summed E-state index contributed by atoms with van der Waals surface area (Å²) in [6, 6.07) is 1.70. The molecule has 0 aromatic carbocycles. The summed E-state index contributed by atoms with van der Waals surface area (Å²) < 4.78 is 1.53. The Labute approximate surface area is 121 Å². The lowest BCUT2D eigenvalue weighted by Gasteiger charge is -2.07. The van der Waals surface area contributed by atoms with Crippen LogP contribution in [0, 0.1) is 0 Å². The molecule has 2 heterocycles. The predicted octanol–water partition coefficient (Wildman–Crippen LogP) is 1.59. The van der Waals surface area contributed by atoms with Crippen LogP contribution in [-0.4, -0.2) is 31.7 Å². The Hall–Kier alpha value is -2.15. The Morgan fingerprint density at radius 2 is 2.30 bits per heavy atom. The van der Waals surface area contributed by atoms with Crippen LogP contribution in [0.2, 0.25) is 5.15 Å². The molecule has 1 amide bonds. The summed E-state index contributed by atoms with van der Waals surface area (Å²) in [6.07, 6.45) is 4.84. The Bertz CT molecular complexity index is 597. The molecule has 106 valence electrons. The lowest BCUT2D eigenvalue weighted by molar-refractivity contribution is -0.122. The molecule has 2 aromatic rings. The number of nitrogens with zero attached hydrogens (tertiary/aromatic N) is 4. The molecule has 0 radical (unpaired) electrons. The zero-order valence-electron chi connectivity index (χ0n) is 11.2. The van der Waals surface area contributed by atoms with Crippen LogP contribution >= 0.6 is 11.6 Å². The van der Waals surface area contributed by atoms with Crippen LogP contribution in [0.4, 0.5) is 11.6 Å². The standard InChI is InChI=1S/C12H15ClN6O/c1-8(2)16-11(20)7-19-6-9(5-15-19)17-12-14-4-3-10(13)18-12/h3-6,8H,7H2,1-2H3,(H,16,20)(H,14,17,18). The highest BCUT2D eigenvalue weighted by molar-refractivity contribution is 6.29. The van der Waals surface area contributed by atoms with E-state index in [0.717, 1.165) is 0 Å². The predicted molar refractivity (Wildman–Crippen MR) is 75.8 cm³/mol. The molecule has 0 unspecified atom stereocenters. The minimum Gasteiger partial charge on any atom is -0.352 e. The molecule has 0 aliphatic heterocycles. The van der Waals surface area contributed by atoms with Gasteiger partial charge in [-0.25, -0.2) is 9.97 Å². The van der Waals surface area contributed by atoms with Crippen LogP contribution in [-0.2, 0) is 11.3 Å². The van der Waals surface area contributed by atoms with Gasteiger partial charge in [0.2, 0.25) is 11.9 Å². The van der Waals surface area contributed by atoms with E-state index >= 15 is 0 Å². The minimum absolute atomic E-state index is 0.0892. The van der Waals surface area contributed by atoms with Gasteiger partial charge < -0.3 is 10.6 Å². The molecule has 2 rings (SSSR count). The number of carbonyl (C=O) groups excluding carboxylic acids is 1. The van der Waals surface area contributed by atoms with Crippen LogP contribution in [0.3, 0.4) is 0 Å². The van der Waals surface area contributed by atoms with E-state index in [-0.39, 0.29) is 18.5 Å². The Kier molecular flexibility index (Phi) is 4.52. The van der Waals surface area contributed by atoms with Crippen molar-refractivity contribution >= 4 is 29.1 Å². The number of hydrogen-bond acceptors (Lipinski definition) is 5. The van der Waals surface area contributed by atoms with Gasteiger partial charge in [0, 0.05) is 18.4 Å². The summed E-state index contributed by atoms with van der Waals surface area (Å²) in [4.78, 5) is 19.6. The average Bonchev–Trinajstić information content (AvgIpc) is 2.75. The minimum atomic E-state index is -0.0892. The van der Waals surface area contributed by atoms with Crippen LogP contribution in [0.25, 0.3) is 0 Å². The van der Waals surface area contributed by atoms with Gasteiger partial charge in [0.05, 0.1) is 11.9 Å². The van der Waals surface area contributed by atoms with Gasteiger partial charge in [-0.3, -0.25) is 9.48 Å². The molecule has 2 N–H and O–H groups in total. The number of rotatable bonds is 5. The summed E-state index contributed by atoms with van der Waals surface area (Å²) in [5.41, 5.74) is 0.685. The molecule has 0 saturated carbocycles. The normalized spacial score (nSPS) is 10.6. The first-order valence-electron chi connectivity index (χ1n) is 6.10. The summed E-state index contributed by atoms with van der Waals surface area (Å²) in [7, 11) is 0. The Morgan fingerprint density at radius 1 is 1.50 bits per heavy atom. The number of halogens is 1. The van der Waals surface area contributed by atoms with Crippen molar-refractivity contribution < 1.29 is 4.79 Å². The van der Waals surface area contributed by atoms with E-state index in [1.165, 1.54) is 4.68 Å². The van der Waals surface area contributed by atoms with Gasteiger partial charge in [0.1, 0.15) is 11.7 Å². The van der Waals surface area contributed by atoms with Gasteiger partial charge >= 0.3 is 0 Å². The second-order valence-electron chi connectivity index (χ2n) is 4.48. The van der Waals surface area contributed by atoms with Crippen LogP contribution in [0.5, 0.6) is 0 Å². The molecule has 7 nitrogen and oxygen atoms in total. The summed E-state index contributed by atoms with van der Waals surface area (Å²) in [5, 5.41) is 10.2. The van der Waals surface area contributed by atoms with Gasteiger partial charge in [0.15, 0.2) is 0 Å². The average molecular weight is 295 g/mol. The fraction of sp³-hybridized carbons (Fsp3) is 0.333. The molecule has 0 aliphatic rings. The zero-order valence-corrected chi connectivity index (χ0v) is 11.9. The van der Waals surface area contributed by atoms with E-state index < -0.39 is 0 Å². The van der Waals surface area contributed by atoms with Gasteiger partial charge in [-0.2, -0.15) is 5.10 Å². The van der Waals surface area contributed by atoms with E-state index in [1.54, 1.807) is 24.7 Å². The fourth-order valence-electron chi connectivity index (χ4n) is 1.56. The third-order valence-electron chi connectivity index (χ3n) is 2.27. The van der Waals surface area contributed by atoms with Crippen LogP contribution < -0.4 is 10.6 Å². The van der Waals surface area contributed by atoms with Crippen molar-refractivity contribution in [3.63, 3.8) is 0 Å². The highest BCUT2D eigenvalue weighted by Crippen LogP contribution is 2.13. The summed E-state index contributed by atoms with van der Waals surface area (Å²) in [5.74, 6) is 0.289. The second kappa shape index (κ2) is 6.33. The molecule has 2 aromatic heterocycles. The maximum absolute atomic E-state index is 11.6. The van der Waals surface area contributed by atoms with E-state index in [2.05, 4.69) is 25.7 Å². The SMILES string of the molecule is CC(C)NC(=O)Cn1cc(Nc2nccc(Cl)n2)cn1. The zero-order chi connectivity index (χ0) is 14.5. The van der Waals surface area contributed by atoms with Crippen LogP contribution in [0.15, 0.2) is 24.7 Å². The topological polar surface area (TPSA) is 84.7 Å². The van der Waals surface area contributed by atoms with Gasteiger partial charge in [0.25, 0.3) is 0 Å². The third-order valence-corrected chi connectivity index (χ3v) is 2.48. The van der Waals surface area contributed by atoms with Crippen molar-refractivity contribution in [3.05, 3.63) is 29.8 Å². The fourth-order valence-corrected chi connectivity index (χ4v) is 1.69. The molecular weight excluding hydrogens is 280 g/mol. The number of anilines is 2. The van der Waals surface area contributed by atoms with E-state index in [1.807, 2.05) is 13.8 Å². The first-order chi connectivity index (χ1) is 9.52. The van der Waals surface area contributed by atoms with Crippen molar-refractivity contribution in [2.24, 2.45) is 0 Å². The van der Waals surface area contributed by atoms with Crippen molar-refractivity contribution in [2.45, 2.75) is 26.4 Å². The van der Waals surface area contributed by atoms with Crippen molar-refractivity contribution in [1.82, 2.24) is 25.1 Å². The Balaban J connectivity index is 1.97. The molecule has 0 saturated heterocycles. The summed E-state index contributed by atoms with van der Waals surface area (Å²) in [6.45, 7) is 3.98. The van der Waals surface area contributed by atoms with Gasteiger partial charge in [-0.15, -0.1) is 0 Å². The largest absolute Gasteiger partial charge is 0.352 e. The molecular formula is C12H15ClN6O. The second-order valence-corrected chi connectivity index (χ2v) is 4.86. The van der Waals surface area contributed by atoms with Crippen molar-refractivity contribution in [2.75, 3.05) is 5.32 Å². The number of amides is 1. The first kappa shape index (κ1) is 14.3. The van der Waals surface area contributed by atoms with Gasteiger partial charge in [-0.05, 0) is 19.9 Å². The van der Waals surface area contributed by atoms with Crippen molar-refractivity contribution in [1.29, 1.82) is 0 Å². The smallest absolute Gasteiger partial charge is 0.241 e. The molecule has 0 bridgehead atoms. The van der Waals surface area contributed by atoms with E-state index in [0.29, 0.717) is 16.8 Å². The summed E-state index contributed by atoms with van der Waals surface area (Å²) >= 11 is 5.77. The highest BCUT2D eigenvalue weighted by atomic mass is 35.5. The quantitative estimate of drug-likeness (QED) is 0.818. The molecule has 0 fully saturated rings. The highest BCUT2D eigenvalue weighted by Gasteiger charge is 2.07. The number of hydrogen-bond donors (Lipinski definition) is 2.